The molecule has 2 aromatic rings. The van der Waals surface area contributed by atoms with Crippen molar-refractivity contribution in [2.75, 3.05) is 18.5 Å². The number of aromatic amines is 1. The lowest BCUT2D eigenvalue weighted by Gasteiger charge is -2.43. The van der Waals surface area contributed by atoms with Crippen molar-refractivity contribution in [1.82, 2.24) is 30.6 Å². The van der Waals surface area contributed by atoms with Crippen molar-refractivity contribution in [3.05, 3.63) is 12.7 Å². The molecule has 0 bridgehead atoms. The predicted molar refractivity (Wildman–Crippen MR) is 96.4 cm³/mol. The quantitative estimate of drug-likeness (QED) is 0.273. The lowest BCUT2D eigenvalue weighted by Crippen LogP contribution is -2.66. The predicted octanol–water partition coefficient (Wildman–Crippen LogP) is -2.31. The van der Waals surface area contributed by atoms with Gasteiger partial charge in [0, 0.05) is 6.42 Å². The van der Waals surface area contributed by atoms with E-state index in [9.17, 15) is 28.9 Å². The molecule has 14 heteroatoms. The molecule has 30 heavy (non-hydrogen) atoms. The van der Waals surface area contributed by atoms with E-state index in [-0.39, 0.29) is 5.82 Å². The van der Waals surface area contributed by atoms with Crippen LogP contribution in [0.1, 0.15) is 6.42 Å². The van der Waals surface area contributed by atoms with Gasteiger partial charge in [-0.2, -0.15) is 0 Å². The fourth-order valence-electron chi connectivity index (χ4n) is 3.59. The smallest absolute Gasteiger partial charge is 0.262 e. The number of nitrogens with one attached hydrogen (secondary N) is 4. The molecule has 2 aliphatic heterocycles. The Morgan fingerprint density at radius 1 is 1.30 bits per heavy atom. The molecule has 4 rings (SSSR count). The Morgan fingerprint density at radius 3 is 2.80 bits per heavy atom. The molecule has 2 aliphatic rings. The zero-order chi connectivity index (χ0) is 21.5. The van der Waals surface area contributed by atoms with Gasteiger partial charge in [0.25, 0.3) is 5.92 Å². The van der Waals surface area contributed by atoms with Crippen molar-refractivity contribution in [1.29, 1.82) is 0 Å². The van der Waals surface area contributed by atoms with Crippen LogP contribution < -0.4 is 16.0 Å². The highest BCUT2D eigenvalue weighted by Gasteiger charge is 2.48. The molecule has 2 saturated heterocycles. The van der Waals surface area contributed by atoms with Gasteiger partial charge in [-0.1, -0.05) is 0 Å². The number of alkyl halides is 2. The first-order valence-electron chi connectivity index (χ1n) is 9.24. The van der Waals surface area contributed by atoms with E-state index < -0.39 is 68.0 Å². The van der Waals surface area contributed by atoms with Gasteiger partial charge in [0.05, 0.1) is 31.6 Å². The average molecular weight is 429 g/mol. The summed E-state index contributed by atoms with van der Waals surface area (Å²) in [6.45, 7) is -1.24. The molecule has 2 aromatic heterocycles. The number of H-pyrrole nitrogens is 1. The first-order valence-corrected chi connectivity index (χ1v) is 9.24. The Morgan fingerprint density at radius 2 is 2.10 bits per heavy atom. The Bertz CT molecular complexity index is 913. The van der Waals surface area contributed by atoms with E-state index in [0.29, 0.717) is 11.2 Å². The molecule has 4 heterocycles. The number of rotatable bonds is 5. The number of ether oxygens (including phenoxy) is 1. The molecule has 12 nitrogen and oxygen atoms in total. The van der Waals surface area contributed by atoms with E-state index >= 15 is 0 Å². The summed E-state index contributed by atoms with van der Waals surface area (Å²) in [6, 6.07) is -2.38. The van der Waals surface area contributed by atoms with E-state index in [1.54, 1.807) is 0 Å². The molecule has 2 fully saturated rings. The summed E-state index contributed by atoms with van der Waals surface area (Å²) < 4.78 is 32.3. The topological polar surface area (TPSA) is 178 Å². The maximum absolute atomic E-state index is 13.3. The van der Waals surface area contributed by atoms with Crippen molar-refractivity contribution in [2.24, 2.45) is 0 Å². The standard InChI is InChI=1S/C16H21F2N7O5/c17-16(18)1-6(19-3-16)14(29)24-8-7(2-26)30-15(11(28)10(8)27)25-13-9-12(21-4-20-9)22-5-23-13/h4-8,10-11,15,19,26-28H,1-3H2,(H,24,29)(H2,20,21,22,23,25)/t6-,7+,8+,10-,11+,15+/m1/s1. The Balaban J connectivity index is 1.46. The van der Waals surface area contributed by atoms with Gasteiger partial charge >= 0.3 is 0 Å². The summed E-state index contributed by atoms with van der Waals surface area (Å²) in [6.07, 6.45) is -3.45. The second-order valence-corrected chi connectivity index (χ2v) is 7.25. The van der Waals surface area contributed by atoms with Gasteiger partial charge in [-0.25, -0.2) is 23.7 Å². The van der Waals surface area contributed by atoms with E-state index in [2.05, 4.69) is 35.9 Å². The van der Waals surface area contributed by atoms with E-state index in [4.69, 9.17) is 4.74 Å². The van der Waals surface area contributed by atoms with Gasteiger partial charge in [0.15, 0.2) is 17.7 Å². The van der Waals surface area contributed by atoms with Gasteiger partial charge in [-0.15, -0.1) is 0 Å². The fourth-order valence-corrected chi connectivity index (χ4v) is 3.59. The SMILES string of the molecule is O=C(N[C@@H]1[C@@H](O)[C@H](O)[C@@H](Nc2ncnc3nc[nH]c23)O[C@H]1CO)[C@H]1CC(F)(F)CN1. The van der Waals surface area contributed by atoms with Crippen LogP contribution in [0, 0.1) is 0 Å². The van der Waals surface area contributed by atoms with E-state index in [1.165, 1.54) is 12.7 Å². The molecule has 0 saturated carbocycles. The van der Waals surface area contributed by atoms with Crippen LogP contribution in [0.25, 0.3) is 11.2 Å². The molecule has 0 aromatic carbocycles. The summed E-state index contributed by atoms with van der Waals surface area (Å²) in [5.74, 6) is -3.55. The number of aliphatic hydroxyl groups excluding tert-OH is 3. The van der Waals surface area contributed by atoms with E-state index in [0.717, 1.165) is 0 Å². The van der Waals surface area contributed by atoms with E-state index in [1.807, 2.05) is 0 Å². The van der Waals surface area contributed by atoms with Gasteiger partial charge < -0.3 is 35.7 Å². The van der Waals surface area contributed by atoms with Crippen molar-refractivity contribution in [2.45, 2.75) is 49.0 Å². The molecular weight excluding hydrogens is 408 g/mol. The third-order valence-electron chi connectivity index (χ3n) is 5.17. The van der Waals surface area contributed by atoms with Crippen LogP contribution in [0.4, 0.5) is 14.6 Å². The molecule has 7 N–H and O–H groups in total. The summed E-state index contributed by atoms with van der Waals surface area (Å²) >= 11 is 0. The average Bonchev–Trinajstić information content (AvgIpc) is 3.34. The van der Waals surface area contributed by atoms with Crippen LogP contribution >= 0.6 is 0 Å². The van der Waals surface area contributed by atoms with Crippen LogP contribution in [-0.2, 0) is 9.53 Å². The second-order valence-electron chi connectivity index (χ2n) is 7.25. The monoisotopic (exact) mass is 429 g/mol. The van der Waals surface area contributed by atoms with Gasteiger partial charge in [0.2, 0.25) is 5.91 Å². The number of carbonyl (C=O) groups is 1. The molecule has 6 atom stereocenters. The number of halogens is 2. The van der Waals surface area contributed by atoms with Gasteiger partial charge in [-0.05, 0) is 0 Å². The summed E-state index contributed by atoms with van der Waals surface area (Å²) in [5.41, 5.74) is 0.801. The Hall–Kier alpha value is -2.52. The number of nitrogens with zero attached hydrogens (tertiary/aromatic N) is 3. The third-order valence-corrected chi connectivity index (χ3v) is 5.17. The van der Waals surface area contributed by atoms with Crippen LogP contribution in [0.3, 0.4) is 0 Å². The molecule has 0 aliphatic carbocycles. The molecular formula is C16H21F2N7O5. The largest absolute Gasteiger partial charge is 0.394 e. The highest BCUT2D eigenvalue weighted by Crippen LogP contribution is 2.27. The highest BCUT2D eigenvalue weighted by atomic mass is 19.3. The number of carbonyl (C=O) groups excluding carboxylic acids is 1. The maximum Gasteiger partial charge on any atom is 0.262 e. The highest BCUT2D eigenvalue weighted by molar-refractivity contribution is 5.83. The lowest BCUT2D eigenvalue weighted by molar-refractivity contribution is -0.185. The number of anilines is 1. The number of amides is 1. The maximum atomic E-state index is 13.3. The number of fused-ring (bicyclic) bond motifs is 1. The van der Waals surface area contributed by atoms with Gasteiger partial charge in [0.1, 0.15) is 30.2 Å². The first kappa shape index (κ1) is 20.7. The van der Waals surface area contributed by atoms with Crippen molar-refractivity contribution in [3.63, 3.8) is 0 Å². The zero-order valence-electron chi connectivity index (χ0n) is 15.5. The first-order chi connectivity index (χ1) is 14.3. The summed E-state index contributed by atoms with van der Waals surface area (Å²) in [4.78, 5) is 27.1. The number of hydrogen-bond acceptors (Lipinski definition) is 10. The van der Waals surface area contributed by atoms with Crippen molar-refractivity contribution in [3.8, 4) is 0 Å². The zero-order valence-corrected chi connectivity index (χ0v) is 15.5. The molecule has 0 unspecified atom stereocenters. The van der Waals surface area contributed by atoms with Crippen LogP contribution in [-0.4, -0.2) is 96.9 Å². The minimum atomic E-state index is -3.01. The molecule has 164 valence electrons. The number of aliphatic hydroxyl groups is 3. The van der Waals surface area contributed by atoms with Gasteiger partial charge in [-0.3, -0.25) is 10.1 Å². The van der Waals surface area contributed by atoms with Crippen LogP contribution in [0.2, 0.25) is 0 Å². The minimum Gasteiger partial charge on any atom is -0.394 e. The minimum absolute atomic E-state index is 0.241. The third kappa shape index (κ3) is 3.91. The molecule has 0 spiro atoms. The van der Waals surface area contributed by atoms with Crippen molar-refractivity contribution < 1.29 is 33.6 Å². The number of imidazole rings is 1. The van der Waals surface area contributed by atoms with Crippen LogP contribution in [0.15, 0.2) is 12.7 Å². The van der Waals surface area contributed by atoms with Crippen LogP contribution in [0.5, 0.6) is 0 Å². The fraction of sp³-hybridized carbons (Fsp3) is 0.625. The lowest BCUT2D eigenvalue weighted by atomic mass is 9.95. The Kier molecular flexibility index (Phi) is 5.50. The number of hydrogen-bond donors (Lipinski definition) is 7. The summed E-state index contributed by atoms with van der Waals surface area (Å²) in [5, 5.41) is 38.3. The van der Waals surface area contributed by atoms with Crippen molar-refractivity contribution >= 4 is 22.9 Å². The number of aromatic nitrogens is 4. The molecule has 1 amide bonds. The Labute approximate surface area is 168 Å². The molecule has 0 radical (unpaired) electrons. The summed E-state index contributed by atoms with van der Waals surface area (Å²) in [7, 11) is 0. The normalized spacial score (nSPS) is 33.5. The second kappa shape index (κ2) is 7.96.